The van der Waals surface area contributed by atoms with Crippen molar-refractivity contribution in [2.24, 2.45) is 5.41 Å². The van der Waals surface area contributed by atoms with E-state index in [0.717, 1.165) is 10.0 Å². The molecule has 1 N–H and O–H groups in total. The second-order valence-electron chi connectivity index (χ2n) is 4.13. The molecule has 1 atom stereocenters. The first kappa shape index (κ1) is 13.5. The van der Waals surface area contributed by atoms with Crippen LogP contribution in [0.25, 0.3) is 0 Å². The molecule has 0 aliphatic rings. The Balaban J connectivity index is 2.99. The Morgan fingerprint density at radius 1 is 1.56 bits per heavy atom. The van der Waals surface area contributed by atoms with Gasteiger partial charge in [0, 0.05) is 9.50 Å². The van der Waals surface area contributed by atoms with Crippen LogP contribution in [-0.2, 0) is 11.2 Å². The summed E-state index contributed by atoms with van der Waals surface area (Å²) < 4.78 is 0.898. The predicted octanol–water partition coefficient (Wildman–Crippen LogP) is 4.15. The zero-order valence-corrected chi connectivity index (χ0v) is 11.6. The highest BCUT2D eigenvalue weighted by atomic mass is 79.9. The van der Waals surface area contributed by atoms with Crippen molar-refractivity contribution in [3.63, 3.8) is 0 Å². The molecule has 0 bridgehead atoms. The number of benzene rings is 1. The van der Waals surface area contributed by atoms with Crippen molar-refractivity contribution in [2.75, 3.05) is 0 Å². The van der Waals surface area contributed by atoms with Gasteiger partial charge in [0.25, 0.3) is 0 Å². The second-order valence-corrected chi connectivity index (χ2v) is 5.45. The van der Waals surface area contributed by atoms with E-state index in [1.165, 1.54) is 0 Å². The number of halogens is 2. The molecule has 1 aromatic rings. The second kappa shape index (κ2) is 5.19. The van der Waals surface area contributed by atoms with Gasteiger partial charge in [-0.15, -0.1) is 0 Å². The third-order valence-electron chi connectivity index (χ3n) is 2.89. The summed E-state index contributed by atoms with van der Waals surface area (Å²) >= 11 is 9.40. The molecule has 0 saturated carbocycles. The minimum absolute atomic E-state index is 0.449. The third-order valence-corrected chi connectivity index (χ3v) is 3.74. The topological polar surface area (TPSA) is 37.3 Å². The Morgan fingerprint density at radius 2 is 2.19 bits per heavy atom. The van der Waals surface area contributed by atoms with E-state index < -0.39 is 11.4 Å². The van der Waals surface area contributed by atoms with Gasteiger partial charge in [0.15, 0.2) is 0 Å². The molecule has 0 amide bonds. The lowest BCUT2D eigenvalue weighted by atomic mass is 9.81. The van der Waals surface area contributed by atoms with Crippen LogP contribution in [0.1, 0.15) is 25.8 Å². The zero-order chi connectivity index (χ0) is 12.3. The van der Waals surface area contributed by atoms with Crippen LogP contribution in [0.5, 0.6) is 0 Å². The maximum Gasteiger partial charge on any atom is 0.309 e. The molecule has 0 saturated heterocycles. The first-order valence-electron chi connectivity index (χ1n) is 5.06. The van der Waals surface area contributed by atoms with Gasteiger partial charge < -0.3 is 5.11 Å². The molecule has 0 aliphatic heterocycles. The predicted molar refractivity (Wildman–Crippen MR) is 68.9 cm³/mol. The third kappa shape index (κ3) is 2.98. The number of carboxylic acid groups (broad SMARTS) is 1. The van der Waals surface area contributed by atoms with Gasteiger partial charge >= 0.3 is 5.97 Å². The molecular formula is C12H14BrClO2. The first-order chi connectivity index (χ1) is 7.39. The van der Waals surface area contributed by atoms with E-state index in [9.17, 15) is 9.90 Å². The van der Waals surface area contributed by atoms with E-state index >= 15 is 0 Å². The molecule has 0 fully saturated rings. The molecule has 16 heavy (non-hydrogen) atoms. The normalized spacial score (nSPS) is 14.5. The highest BCUT2D eigenvalue weighted by Crippen LogP contribution is 2.31. The summed E-state index contributed by atoms with van der Waals surface area (Å²) in [5.74, 6) is -0.783. The van der Waals surface area contributed by atoms with Crippen LogP contribution in [0.3, 0.4) is 0 Å². The van der Waals surface area contributed by atoms with Crippen molar-refractivity contribution in [3.05, 3.63) is 33.3 Å². The first-order valence-corrected chi connectivity index (χ1v) is 6.23. The highest BCUT2D eigenvalue weighted by Gasteiger charge is 2.31. The van der Waals surface area contributed by atoms with Crippen LogP contribution in [0.2, 0.25) is 5.02 Å². The van der Waals surface area contributed by atoms with Gasteiger partial charge in [0.2, 0.25) is 0 Å². The molecule has 0 radical (unpaired) electrons. The van der Waals surface area contributed by atoms with Crippen LogP contribution in [0.15, 0.2) is 22.7 Å². The van der Waals surface area contributed by atoms with E-state index in [1.54, 1.807) is 13.0 Å². The average molecular weight is 306 g/mol. The Bertz CT molecular complexity index is 406. The number of hydrogen-bond donors (Lipinski definition) is 1. The largest absolute Gasteiger partial charge is 0.481 e. The Labute approximate surface area is 109 Å². The molecule has 1 aromatic carbocycles. The molecule has 1 rings (SSSR count). The number of hydrogen-bond acceptors (Lipinski definition) is 1. The number of aliphatic carboxylic acids is 1. The lowest BCUT2D eigenvalue weighted by molar-refractivity contribution is -0.148. The summed E-state index contributed by atoms with van der Waals surface area (Å²) in [6.07, 6.45) is 1.03. The van der Waals surface area contributed by atoms with E-state index in [2.05, 4.69) is 15.9 Å². The van der Waals surface area contributed by atoms with E-state index in [1.807, 2.05) is 19.1 Å². The fourth-order valence-corrected chi connectivity index (χ4v) is 2.18. The van der Waals surface area contributed by atoms with Gasteiger partial charge in [-0.1, -0.05) is 40.5 Å². The lowest BCUT2D eigenvalue weighted by Gasteiger charge is -2.23. The van der Waals surface area contributed by atoms with Crippen LogP contribution >= 0.6 is 27.5 Å². The summed E-state index contributed by atoms with van der Waals surface area (Å²) in [5, 5.41) is 9.79. The monoisotopic (exact) mass is 304 g/mol. The van der Waals surface area contributed by atoms with Crippen molar-refractivity contribution in [2.45, 2.75) is 26.7 Å². The molecule has 1 unspecified atom stereocenters. The highest BCUT2D eigenvalue weighted by molar-refractivity contribution is 9.10. The molecule has 2 nitrogen and oxygen atoms in total. The average Bonchev–Trinajstić information content (AvgIpc) is 2.22. The maximum atomic E-state index is 11.2. The summed E-state index contributed by atoms with van der Waals surface area (Å²) in [4.78, 5) is 11.2. The minimum Gasteiger partial charge on any atom is -0.481 e. The van der Waals surface area contributed by atoms with Gasteiger partial charge in [-0.05, 0) is 37.5 Å². The summed E-state index contributed by atoms with van der Waals surface area (Å²) in [7, 11) is 0. The van der Waals surface area contributed by atoms with Gasteiger partial charge in [0.1, 0.15) is 0 Å². The molecule has 0 aliphatic carbocycles. The van der Waals surface area contributed by atoms with Crippen LogP contribution < -0.4 is 0 Å². The SMILES string of the molecule is CCC(C)(Cc1ccc(Br)cc1Cl)C(=O)O. The van der Waals surface area contributed by atoms with Gasteiger partial charge in [0.05, 0.1) is 5.41 Å². The Morgan fingerprint density at radius 3 is 2.62 bits per heavy atom. The standard InChI is InChI=1S/C12H14BrClO2/c1-3-12(2,11(15)16)7-8-4-5-9(13)6-10(8)14/h4-6H,3,7H2,1-2H3,(H,15,16). The molecule has 0 spiro atoms. The van der Waals surface area contributed by atoms with Crippen LogP contribution in [0, 0.1) is 5.41 Å². The quantitative estimate of drug-likeness (QED) is 0.907. The Hall–Kier alpha value is -0.540. The van der Waals surface area contributed by atoms with Crippen molar-refractivity contribution >= 4 is 33.5 Å². The molecular weight excluding hydrogens is 291 g/mol. The van der Waals surface area contributed by atoms with Crippen LogP contribution in [-0.4, -0.2) is 11.1 Å². The minimum atomic E-state index is -0.783. The summed E-state index contributed by atoms with van der Waals surface area (Å²) in [5.41, 5.74) is 0.119. The van der Waals surface area contributed by atoms with E-state index in [0.29, 0.717) is 17.9 Å². The molecule has 0 heterocycles. The molecule has 0 aromatic heterocycles. The van der Waals surface area contributed by atoms with Crippen molar-refractivity contribution in [1.82, 2.24) is 0 Å². The van der Waals surface area contributed by atoms with Crippen molar-refractivity contribution in [3.8, 4) is 0 Å². The van der Waals surface area contributed by atoms with Gasteiger partial charge in [-0.25, -0.2) is 0 Å². The molecule has 88 valence electrons. The summed E-state index contributed by atoms with van der Waals surface area (Å²) in [6, 6.07) is 5.53. The summed E-state index contributed by atoms with van der Waals surface area (Å²) in [6.45, 7) is 3.62. The van der Waals surface area contributed by atoms with Crippen LogP contribution in [0.4, 0.5) is 0 Å². The number of carbonyl (C=O) groups is 1. The lowest BCUT2D eigenvalue weighted by Crippen LogP contribution is -2.29. The smallest absolute Gasteiger partial charge is 0.309 e. The molecule has 4 heteroatoms. The fraction of sp³-hybridized carbons (Fsp3) is 0.417. The zero-order valence-electron chi connectivity index (χ0n) is 9.26. The van der Waals surface area contributed by atoms with Crippen molar-refractivity contribution in [1.29, 1.82) is 0 Å². The number of carboxylic acids is 1. The van der Waals surface area contributed by atoms with E-state index in [-0.39, 0.29) is 0 Å². The fourth-order valence-electron chi connectivity index (χ4n) is 1.44. The maximum absolute atomic E-state index is 11.2. The van der Waals surface area contributed by atoms with E-state index in [4.69, 9.17) is 11.6 Å². The number of rotatable bonds is 4. The van der Waals surface area contributed by atoms with Crippen molar-refractivity contribution < 1.29 is 9.90 Å². The van der Waals surface area contributed by atoms with Gasteiger partial charge in [-0.3, -0.25) is 4.79 Å². The van der Waals surface area contributed by atoms with Gasteiger partial charge in [-0.2, -0.15) is 0 Å². The Kier molecular flexibility index (Phi) is 4.39.